The number of carbonyl (C=O) groups excluding carboxylic acids is 2. The van der Waals surface area contributed by atoms with E-state index in [2.05, 4.69) is 20.8 Å². The average Bonchev–Trinajstić information content (AvgIpc) is 3.36. The van der Waals surface area contributed by atoms with Gasteiger partial charge in [-0.25, -0.2) is 0 Å². The SMILES string of the molecule is O=C(Nc1nnc(-c2ccc3c(c2)OCO3)s1)C(Cc1ccccc1)NC(=O)C1CC1c1ccccc1. The van der Waals surface area contributed by atoms with E-state index in [1.165, 1.54) is 11.3 Å². The van der Waals surface area contributed by atoms with Crippen LogP contribution in [0.2, 0.25) is 0 Å². The zero-order valence-electron chi connectivity index (χ0n) is 19.8. The molecule has 0 bridgehead atoms. The Morgan fingerprint density at radius 2 is 1.70 bits per heavy atom. The van der Waals surface area contributed by atoms with Crippen LogP contribution in [-0.4, -0.2) is 34.8 Å². The number of hydrogen-bond donors (Lipinski definition) is 2. The molecular formula is C28H24N4O4S. The number of nitrogens with zero attached hydrogens (tertiary/aromatic N) is 2. The zero-order valence-corrected chi connectivity index (χ0v) is 20.6. The van der Waals surface area contributed by atoms with Crippen LogP contribution >= 0.6 is 11.3 Å². The second-order valence-electron chi connectivity index (χ2n) is 9.08. The smallest absolute Gasteiger partial charge is 0.249 e. The van der Waals surface area contributed by atoms with Gasteiger partial charge in [0.05, 0.1) is 0 Å². The van der Waals surface area contributed by atoms with Gasteiger partial charge in [0.1, 0.15) is 11.0 Å². The van der Waals surface area contributed by atoms with E-state index >= 15 is 0 Å². The standard InChI is InChI=1S/C28H24N4O4S/c33-25(21-15-20(21)18-9-5-2-6-10-18)29-22(13-17-7-3-1-4-8-17)26(34)30-28-32-31-27(37-28)19-11-12-23-24(14-19)36-16-35-23/h1-12,14,20-22H,13,15-16H2,(H,29,33)(H,30,32,34). The van der Waals surface area contributed by atoms with Gasteiger partial charge in [-0.3, -0.25) is 14.9 Å². The third-order valence-corrected chi connectivity index (χ3v) is 7.43. The summed E-state index contributed by atoms with van der Waals surface area (Å²) in [6.45, 7) is 0.192. The van der Waals surface area contributed by atoms with Crippen LogP contribution in [0.1, 0.15) is 23.5 Å². The molecule has 9 heteroatoms. The van der Waals surface area contributed by atoms with Crippen molar-refractivity contribution in [3.05, 3.63) is 90.0 Å². The van der Waals surface area contributed by atoms with E-state index in [4.69, 9.17) is 9.47 Å². The van der Waals surface area contributed by atoms with E-state index in [0.29, 0.717) is 28.1 Å². The van der Waals surface area contributed by atoms with Crippen molar-refractivity contribution >= 4 is 28.3 Å². The third kappa shape index (κ3) is 5.17. The van der Waals surface area contributed by atoms with Gasteiger partial charge >= 0.3 is 0 Å². The molecule has 3 atom stereocenters. The largest absolute Gasteiger partial charge is 0.454 e. The highest BCUT2D eigenvalue weighted by molar-refractivity contribution is 7.18. The van der Waals surface area contributed by atoms with Crippen LogP contribution in [0, 0.1) is 5.92 Å². The normalized spacial score (nSPS) is 18.2. The summed E-state index contributed by atoms with van der Waals surface area (Å²) in [5.74, 6) is 0.955. The summed E-state index contributed by atoms with van der Waals surface area (Å²) in [6.07, 6.45) is 1.15. The molecule has 186 valence electrons. The molecular weight excluding hydrogens is 488 g/mol. The molecule has 1 aliphatic carbocycles. The molecule has 0 spiro atoms. The monoisotopic (exact) mass is 512 g/mol. The Balaban J connectivity index is 1.15. The minimum absolute atomic E-state index is 0.108. The summed E-state index contributed by atoms with van der Waals surface area (Å²) in [5.41, 5.74) is 2.92. The van der Waals surface area contributed by atoms with Crippen LogP contribution in [0.15, 0.2) is 78.9 Å². The molecule has 0 radical (unpaired) electrons. The maximum atomic E-state index is 13.3. The van der Waals surface area contributed by atoms with E-state index in [0.717, 1.165) is 23.1 Å². The second kappa shape index (κ2) is 10.0. The first-order valence-corrected chi connectivity index (χ1v) is 12.9. The van der Waals surface area contributed by atoms with E-state index in [9.17, 15) is 9.59 Å². The molecule has 4 aromatic rings. The number of rotatable bonds is 8. The number of amides is 2. The molecule has 1 aliphatic heterocycles. The first-order chi connectivity index (χ1) is 18.1. The van der Waals surface area contributed by atoms with Crippen LogP contribution in [0.3, 0.4) is 0 Å². The molecule has 1 aromatic heterocycles. The first kappa shape index (κ1) is 23.2. The summed E-state index contributed by atoms with van der Waals surface area (Å²) in [6, 6.07) is 24.4. The first-order valence-electron chi connectivity index (χ1n) is 12.1. The number of benzene rings is 3. The van der Waals surface area contributed by atoms with Crippen molar-refractivity contribution in [2.45, 2.75) is 24.8 Å². The molecule has 2 heterocycles. The van der Waals surface area contributed by atoms with Crippen LogP contribution in [0.4, 0.5) is 5.13 Å². The number of aromatic nitrogens is 2. The molecule has 2 N–H and O–H groups in total. The predicted octanol–water partition coefficient (Wildman–Crippen LogP) is 4.40. The van der Waals surface area contributed by atoms with Crippen molar-refractivity contribution in [3.8, 4) is 22.1 Å². The van der Waals surface area contributed by atoms with Crippen LogP contribution in [-0.2, 0) is 16.0 Å². The van der Waals surface area contributed by atoms with Gasteiger partial charge in [0.2, 0.25) is 23.7 Å². The van der Waals surface area contributed by atoms with Crippen molar-refractivity contribution < 1.29 is 19.1 Å². The molecule has 2 aliphatic rings. The number of hydrogen-bond acceptors (Lipinski definition) is 7. The Hall–Kier alpha value is -4.24. The fourth-order valence-electron chi connectivity index (χ4n) is 4.50. The molecule has 0 saturated heterocycles. The topological polar surface area (TPSA) is 102 Å². The van der Waals surface area contributed by atoms with Gasteiger partial charge in [0, 0.05) is 17.9 Å². The number of ether oxygens (including phenoxy) is 2. The Bertz CT molecular complexity index is 1430. The number of anilines is 1. The van der Waals surface area contributed by atoms with Gasteiger partial charge in [-0.2, -0.15) is 0 Å². The lowest BCUT2D eigenvalue weighted by molar-refractivity contribution is -0.127. The molecule has 6 rings (SSSR count). The predicted molar refractivity (Wildman–Crippen MR) is 139 cm³/mol. The number of fused-ring (bicyclic) bond motifs is 1. The molecule has 1 fully saturated rings. The minimum atomic E-state index is -0.746. The van der Waals surface area contributed by atoms with Crippen molar-refractivity contribution in [2.24, 2.45) is 5.92 Å². The van der Waals surface area contributed by atoms with Crippen molar-refractivity contribution in [3.63, 3.8) is 0 Å². The van der Waals surface area contributed by atoms with Crippen LogP contribution in [0.25, 0.3) is 10.6 Å². The number of nitrogens with one attached hydrogen (secondary N) is 2. The van der Waals surface area contributed by atoms with Crippen molar-refractivity contribution in [1.29, 1.82) is 0 Å². The third-order valence-electron chi connectivity index (χ3n) is 6.55. The highest BCUT2D eigenvalue weighted by atomic mass is 32.1. The van der Waals surface area contributed by atoms with Crippen LogP contribution < -0.4 is 20.1 Å². The summed E-state index contributed by atoms with van der Waals surface area (Å²) in [4.78, 5) is 26.4. The fourth-order valence-corrected chi connectivity index (χ4v) is 5.25. The fraction of sp³-hybridized carbons (Fsp3) is 0.214. The quantitative estimate of drug-likeness (QED) is 0.363. The molecule has 8 nitrogen and oxygen atoms in total. The maximum absolute atomic E-state index is 13.3. The Morgan fingerprint density at radius 1 is 0.946 bits per heavy atom. The van der Waals surface area contributed by atoms with E-state index in [1.54, 1.807) is 0 Å². The lowest BCUT2D eigenvalue weighted by Gasteiger charge is -2.18. The van der Waals surface area contributed by atoms with Gasteiger partial charge in [0.25, 0.3) is 0 Å². The summed E-state index contributed by atoms with van der Waals surface area (Å²) in [5, 5.41) is 15.2. The highest BCUT2D eigenvalue weighted by Gasteiger charge is 2.44. The van der Waals surface area contributed by atoms with Crippen molar-refractivity contribution in [1.82, 2.24) is 15.5 Å². The molecule has 3 unspecified atom stereocenters. The van der Waals surface area contributed by atoms with Gasteiger partial charge in [0.15, 0.2) is 11.5 Å². The lowest BCUT2D eigenvalue weighted by atomic mass is 10.0. The Labute approximate surface area is 217 Å². The zero-order chi connectivity index (χ0) is 25.2. The van der Waals surface area contributed by atoms with Gasteiger partial charge in [-0.15, -0.1) is 10.2 Å². The average molecular weight is 513 g/mol. The lowest BCUT2D eigenvalue weighted by Crippen LogP contribution is -2.46. The minimum Gasteiger partial charge on any atom is -0.454 e. The van der Waals surface area contributed by atoms with Crippen LogP contribution in [0.5, 0.6) is 11.5 Å². The second-order valence-corrected chi connectivity index (χ2v) is 10.1. The highest BCUT2D eigenvalue weighted by Crippen LogP contribution is 2.47. The molecule has 2 amide bonds. The summed E-state index contributed by atoms with van der Waals surface area (Å²) < 4.78 is 10.8. The van der Waals surface area contributed by atoms with E-state index < -0.39 is 6.04 Å². The molecule has 37 heavy (non-hydrogen) atoms. The summed E-state index contributed by atoms with van der Waals surface area (Å²) in [7, 11) is 0. The van der Waals surface area contributed by atoms with E-state index in [-0.39, 0.29) is 30.4 Å². The molecule has 1 saturated carbocycles. The maximum Gasteiger partial charge on any atom is 0.249 e. The van der Waals surface area contributed by atoms with Gasteiger partial charge in [-0.1, -0.05) is 72.0 Å². The number of carbonyl (C=O) groups is 2. The summed E-state index contributed by atoms with van der Waals surface area (Å²) >= 11 is 1.26. The van der Waals surface area contributed by atoms with Gasteiger partial charge < -0.3 is 14.8 Å². The van der Waals surface area contributed by atoms with Gasteiger partial charge in [-0.05, 0) is 41.7 Å². The Morgan fingerprint density at radius 3 is 2.51 bits per heavy atom. The van der Waals surface area contributed by atoms with E-state index in [1.807, 2.05) is 78.9 Å². The molecule has 3 aromatic carbocycles. The Kier molecular flexibility index (Phi) is 6.28. The van der Waals surface area contributed by atoms with Crippen molar-refractivity contribution in [2.75, 3.05) is 12.1 Å².